The molecule has 0 aromatic heterocycles. The summed E-state index contributed by atoms with van der Waals surface area (Å²) in [7, 11) is 0. The van der Waals surface area contributed by atoms with Gasteiger partial charge in [-0.1, -0.05) is 37.3 Å². The van der Waals surface area contributed by atoms with E-state index in [0.29, 0.717) is 0 Å². The zero-order valence-corrected chi connectivity index (χ0v) is 15.2. The standard InChI is InChI=1S/C21H21FN2O3/c1-3-14(2)27-17-10-8-15(9-11-17)12-19-20(25)24(21(26)23-19)13-16-6-4-5-7-18(16)22/h4-12,14H,3,13H2,1-2H3,(H,23,26)/b19-12+. The molecule has 3 rings (SSSR count). The molecular weight excluding hydrogens is 347 g/mol. The first kappa shape index (κ1) is 18.6. The molecule has 1 aliphatic heterocycles. The van der Waals surface area contributed by atoms with Crippen LogP contribution in [0.1, 0.15) is 31.4 Å². The summed E-state index contributed by atoms with van der Waals surface area (Å²) < 4.78 is 19.5. The van der Waals surface area contributed by atoms with Gasteiger partial charge in [-0.05, 0) is 43.2 Å². The van der Waals surface area contributed by atoms with Crippen LogP contribution in [0.2, 0.25) is 0 Å². The van der Waals surface area contributed by atoms with Crippen LogP contribution in [0.25, 0.3) is 6.08 Å². The first-order valence-corrected chi connectivity index (χ1v) is 8.82. The number of hydrogen-bond acceptors (Lipinski definition) is 3. The third-order valence-corrected chi connectivity index (χ3v) is 4.35. The highest BCUT2D eigenvalue weighted by atomic mass is 19.1. The molecule has 1 atom stereocenters. The molecule has 1 saturated heterocycles. The predicted molar refractivity (Wildman–Crippen MR) is 100 cm³/mol. The molecule has 0 saturated carbocycles. The van der Waals surface area contributed by atoms with Crippen molar-refractivity contribution in [3.05, 3.63) is 71.2 Å². The monoisotopic (exact) mass is 368 g/mol. The topological polar surface area (TPSA) is 58.6 Å². The highest BCUT2D eigenvalue weighted by Gasteiger charge is 2.33. The van der Waals surface area contributed by atoms with E-state index in [1.807, 2.05) is 38.1 Å². The van der Waals surface area contributed by atoms with Crippen molar-refractivity contribution in [2.45, 2.75) is 32.9 Å². The predicted octanol–water partition coefficient (Wildman–Crippen LogP) is 4.10. The van der Waals surface area contributed by atoms with Crippen molar-refractivity contribution in [1.29, 1.82) is 0 Å². The van der Waals surface area contributed by atoms with Crippen molar-refractivity contribution in [3.63, 3.8) is 0 Å². The molecule has 2 aromatic rings. The normalized spacial score (nSPS) is 16.6. The van der Waals surface area contributed by atoms with Crippen LogP contribution in [0.3, 0.4) is 0 Å². The number of urea groups is 1. The van der Waals surface area contributed by atoms with E-state index in [2.05, 4.69) is 5.32 Å². The molecule has 1 heterocycles. The fourth-order valence-electron chi connectivity index (χ4n) is 2.64. The summed E-state index contributed by atoms with van der Waals surface area (Å²) in [5.74, 6) is -0.190. The van der Waals surface area contributed by atoms with Gasteiger partial charge in [0.15, 0.2) is 0 Å². The maximum Gasteiger partial charge on any atom is 0.329 e. The zero-order chi connectivity index (χ0) is 19.4. The smallest absolute Gasteiger partial charge is 0.329 e. The van der Waals surface area contributed by atoms with Crippen molar-refractivity contribution < 1.29 is 18.7 Å². The Morgan fingerprint density at radius 2 is 1.85 bits per heavy atom. The largest absolute Gasteiger partial charge is 0.491 e. The number of imide groups is 1. The van der Waals surface area contributed by atoms with E-state index in [1.165, 1.54) is 6.07 Å². The van der Waals surface area contributed by atoms with Crippen molar-refractivity contribution >= 4 is 18.0 Å². The fraction of sp³-hybridized carbons (Fsp3) is 0.238. The van der Waals surface area contributed by atoms with Crippen LogP contribution in [0.15, 0.2) is 54.2 Å². The van der Waals surface area contributed by atoms with Gasteiger partial charge >= 0.3 is 6.03 Å². The highest BCUT2D eigenvalue weighted by Crippen LogP contribution is 2.20. The Hall–Kier alpha value is -3.15. The number of halogens is 1. The Kier molecular flexibility index (Phi) is 5.54. The lowest BCUT2D eigenvalue weighted by atomic mass is 10.1. The summed E-state index contributed by atoms with van der Waals surface area (Å²) in [5.41, 5.74) is 1.20. The zero-order valence-electron chi connectivity index (χ0n) is 15.2. The molecule has 3 amide bonds. The van der Waals surface area contributed by atoms with Gasteiger partial charge in [-0.25, -0.2) is 9.18 Å². The maximum atomic E-state index is 13.8. The number of nitrogens with zero attached hydrogens (tertiary/aromatic N) is 1. The minimum absolute atomic E-state index is 0.115. The van der Waals surface area contributed by atoms with Crippen LogP contribution >= 0.6 is 0 Å². The molecule has 0 bridgehead atoms. The van der Waals surface area contributed by atoms with Crippen LogP contribution < -0.4 is 10.1 Å². The van der Waals surface area contributed by atoms with Gasteiger partial charge in [0, 0.05) is 5.56 Å². The summed E-state index contributed by atoms with van der Waals surface area (Å²) in [5, 5.41) is 2.54. The lowest BCUT2D eigenvalue weighted by Gasteiger charge is -2.12. The Labute approximate surface area is 157 Å². The second-order valence-corrected chi connectivity index (χ2v) is 6.38. The first-order chi connectivity index (χ1) is 13.0. The number of amides is 3. The molecule has 0 radical (unpaired) electrons. The van der Waals surface area contributed by atoms with E-state index in [1.54, 1.807) is 24.3 Å². The molecule has 1 aliphatic rings. The number of ether oxygens (including phenoxy) is 1. The van der Waals surface area contributed by atoms with Crippen LogP contribution in [0.5, 0.6) is 5.75 Å². The van der Waals surface area contributed by atoms with Gasteiger partial charge in [0.2, 0.25) is 0 Å². The minimum atomic E-state index is -0.564. The SMILES string of the molecule is CCC(C)Oc1ccc(/C=C2/NC(=O)N(Cc3ccccc3F)C2=O)cc1. The summed E-state index contributed by atoms with van der Waals surface area (Å²) in [6, 6.07) is 12.8. The molecule has 2 aromatic carbocycles. The molecule has 140 valence electrons. The molecule has 1 fully saturated rings. The van der Waals surface area contributed by atoms with Crippen LogP contribution in [-0.2, 0) is 11.3 Å². The molecular formula is C21H21FN2O3. The summed E-state index contributed by atoms with van der Waals surface area (Å²) in [6.45, 7) is 3.92. The van der Waals surface area contributed by atoms with Gasteiger partial charge in [0.25, 0.3) is 5.91 Å². The lowest BCUT2D eigenvalue weighted by Crippen LogP contribution is -2.30. The quantitative estimate of drug-likeness (QED) is 0.617. The van der Waals surface area contributed by atoms with Gasteiger partial charge in [0.1, 0.15) is 17.3 Å². The van der Waals surface area contributed by atoms with Crippen LogP contribution in [0, 0.1) is 5.82 Å². The van der Waals surface area contributed by atoms with Crippen molar-refractivity contribution in [2.24, 2.45) is 0 Å². The molecule has 0 aliphatic carbocycles. The summed E-state index contributed by atoms with van der Waals surface area (Å²) >= 11 is 0. The Bertz CT molecular complexity index is 877. The van der Waals surface area contributed by atoms with Crippen molar-refractivity contribution in [1.82, 2.24) is 10.2 Å². The second-order valence-electron chi connectivity index (χ2n) is 6.38. The summed E-state index contributed by atoms with van der Waals surface area (Å²) in [6.07, 6.45) is 2.62. The highest BCUT2D eigenvalue weighted by molar-refractivity contribution is 6.13. The maximum absolute atomic E-state index is 13.8. The van der Waals surface area contributed by atoms with E-state index in [9.17, 15) is 14.0 Å². The van der Waals surface area contributed by atoms with E-state index in [4.69, 9.17) is 4.74 Å². The van der Waals surface area contributed by atoms with Gasteiger partial charge in [0.05, 0.1) is 12.6 Å². The van der Waals surface area contributed by atoms with Gasteiger partial charge < -0.3 is 10.1 Å². The fourth-order valence-corrected chi connectivity index (χ4v) is 2.64. The number of rotatable bonds is 6. The van der Waals surface area contributed by atoms with Gasteiger partial charge in [-0.15, -0.1) is 0 Å². The molecule has 5 nitrogen and oxygen atoms in total. The summed E-state index contributed by atoms with van der Waals surface area (Å²) in [4.78, 5) is 25.6. The number of carbonyl (C=O) groups is 2. The van der Waals surface area contributed by atoms with Crippen LogP contribution in [0.4, 0.5) is 9.18 Å². The Morgan fingerprint density at radius 1 is 1.15 bits per heavy atom. The van der Waals surface area contributed by atoms with Gasteiger partial charge in [-0.3, -0.25) is 9.69 Å². The number of carbonyl (C=O) groups excluding carboxylic acids is 2. The Morgan fingerprint density at radius 3 is 2.52 bits per heavy atom. The number of hydrogen-bond donors (Lipinski definition) is 1. The van der Waals surface area contributed by atoms with Crippen LogP contribution in [-0.4, -0.2) is 22.9 Å². The average Bonchev–Trinajstić information content (AvgIpc) is 2.92. The molecule has 27 heavy (non-hydrogen) atoms. The minimum Gasteiger partial charge on any atom is -0.491 e. The molecule has 1 N–H and O–H groups in total. The second kappa shape index (κ2) is 8.03. The van der Waals surface area contributed by atoms with Crippen molar-refractivity contribution in [2.75, 3.05) is 0 Å². The van der Waals surface area contributed by atoms with Crippen molar-refractivity contribution in [3.8, 4) is 5.75 Å². The van der Waals surface area contributed by atoms with E-state index in [-0.39, 0.29) is 23.9 Å². The molecule has 6 heteroatoms. The Balaban J connectivity index is 1.73. The van der Waals surface area contributed by atoms with E-state index >= 15 is 0 Å². The van der Waals surface area contributed by atoms with E-state index < -0.39 is 17.8 Å². The third kappa shape index (κ3) is 4.34. The lowest BCUT2D eigenvalue weighted by molar-refractivity contribution is -0.123. The van der Waals surface area contributed by atoms with Gasteiger partial charge in [-0.2, -0.15) is 0 Å². The first-order valence-electron chi connectivity index (χ1n) is 8.82. The number of nitrogens with one attached hydrogen (secondary N) is 1. The van der Waals surface area contributed by atoms with E-state index in [0.717, 1.165) is 22.6 Å². The molecule has 1 unspecified atom stereocenters. The average molecular weight is 368 g/mol. The molecule has 0 spiro atoms. The third-order valence-electron chi connectivity index (χ3n) is 4.35. The number of benzene rings is 2.